The topological polar surface area (TPSA) is 61.8 Å². The SMILES string of the molecule is Cc1ccc(N2CCCCCCC2)c(/C(N)=N/O)c1. The second kappa shape index (κ2) is 6.45. The number of hydrogen-bond acceptors (Lipinski definition) is 3. The number of oxime groups is 1. The number of rotatable bonds is 2. The predicted molar refractivity (Wildman–Crippen MR) is 79.0 cm³/mol. The third-order valence-corrected chi connectivity index (χ3v) is 3.73. The quantitative estimate of drug-likeness (QED) is 0.372. The Labute approximate surface area is 114 Å². The normalized spacial score (nSPS) is 17.9. The highest BCUT2D eigenvalue weighted by molar-refractivity contribution is 6.02. The first-order chi connectivity index (χ1) is 9.22. The summed E-state index contributed by atoms with van der Waals surface area (Å²) in [5, 5.41) is 12.1. The lowest BCUT2D eigenvalue weighted by atomic mass is 10.0. The van der Waals surface area contributed by atoms with Crippen molar-refractivity contribution in [2.75, 3.05) is 18.0 Å². The van der Waals surface area contributed by atoms with Crippen LogP contribution in [-0.4, -0.2) is 24.1 Å². The molecule has 4 nitrogen and oxygen atoms in total. The predicted octanol–water partition coefficient (Wildman–Crippen LogP) is 2.86. The van der Waals surface area contributed by atoms with E-state index < -0.39 is 0 Å². The first-order valence-corrected chi connectivity index (χ1v) is 7.06. The Kier molecular flexibility index (Phi) is 4.66. The number of anilines is 1. The maximum atomic E-state index is 8.95. The van der Waals surface area contributed by atoms with E-state index in [0.717, 1.165) is 29.9 Å². The van der Waals surface area contributed by atoms with Gasteiger partial charge in [-0.15, -0.1) is 0 Å². The van der Waals surface area contributed by atoms with Gasteiger partial charge in [-0.1, -0.05) is 36.0 Å². The maximum Gasteiger partial charge on any atom is 0.172 e. The number of aryl methyl sites for hydroxylation is 1. The zero-order valence-corrected chi connectivity index (χ0v) is 11.6. The first kappa shape index (κ1) is 13.7. The summed E-state index contributed by atoms with van der Waals surface area (Å²) < 4.78 is 0. The molecule has 1 aliphatic heterocycles. The van der Waals surface area contributed by atoms with E-state index in [9.17, 15) is 0 Å². The third-order valence-electron chi connectivity index (χ3n) is 3.73. The molecule has 0 atom stereocenters. The fourth-order valence-corrected chi connectivity index (χ4v) is 2.67. The minimum absolute atomic E-state index is 0.195. The average Bonchev–Trinajstić information content (AvgIpc) is 2.38. The Bertz CT molecular complexity index is 449. The van der Waals surface area contributed by atoms with Gasteiger partial charge in [0.15, 0.2) is 5.84 Å². The smallest absolute Gasteiger partial charge is 0.172 e. The van der Waals surface area contributed by atoms with Gasteiger partial charge in [-0.05, 0) is 31.9 Å². The summed E-state index contributed by atoms with van der Waals surface area (Å²) in [4.78, 5) is 2.37. The molecular weight excluding hydrogens is 238 g/mol. The van der Waals surface area contributed by atoms with Crippen LogP contribution in [0.3, 0.4) is 0 Å². The fourth-order valence-electron chi connectivity index (χ4n) is 2.67. The Morgan fingerprint density at radius 3 is 2.42 bits per heavy atom. The zero-order valence-electron chi connectivity index (χ0n) is 11.6. The minimum Gasteiger partial charge on any atom is -0.409 e. The van der Waals surface area contributed by atoms with E-state index in [1.807, 2.05) is 13.0 Å². The van der Waals surface area contributed by atoms with Gasteiger partial charge < -0.3 is 15.8 Å². The number of amidine groups is 1. The molecule has 2 rings (SSSR count). The largest absolute Gasteiger partial charge is 0.409 e. The van der Waals surface area contributed by atoms with Crippen LogP contribution >= 0.6 is 0 Å². The summed E-state index contributed by atoms with van der Waals surface area (Å²) in [6.45, 7) is 4.12. The van der Waals surface area contributed by atoms with Gasteiger partial charge in [-0.3, -0.25) is 0 Å². The summed E-state index contributed by atoms with van der Waals surface area (Å²) in [6.07, 6.45) is 6.35. The molecule has 0 bridgehead atoms. The lowest BCUT2D eigenvalue weighted by Crippen LogP contribution is -2.29. The Morgan fingerprint density at radius 1 is 1.16 bits per heavy atom. The molecule has 104 valence electrons. The molecule has 1 aliphatic rings. The van der Waals surface area contributed by atoms with Gasteiger partial charge >= 0.3 is 0 Å². The van der Waals surface area contributed by atoms with Gasteiger partial charge in [-0.2, -0.15) is 0 Å². The van der Waals surface area contributed by atoms with Crippen LogP contribution in [0.15, 0.2) is 23.4 Å². The maximum absolute atomic E-state index is 8.95. The van der Waals surface area contributed by atoms with Crippen molar-refractivity contribution >= 4 is 11.5 Å². The average molecular weight is 261 g/mol. The molecule has 19 heavy (non-hydrogen) atoms. The molecular formula is C15H23N3O. The summed E-state index contributed by atoms with van der Waals surface area (Å²) in [5.74, 6) is 0.195. The zero-order chi connectivity index (χ0) is 13.7. The molecule has 1 saturated heterocycles. The summed E-state index contributed by atoms with van der Waals surface area (Å²) >= 11 is 0. The number of nitrogens with zero attached hydrogens (tertiary/aromatic N) is 2. The Hall–Kier alpha value is -1.71. The van der Waals surface area contributed by atoms with Crippen molar-refractivity contribution in [1.82, 2.24) is 0 Å². The van der Waals surface area contributed by atoms with Crippen molar-refractivity contribution in [2.24, 2.45) is 10.9 Å². The van der Waals surface area contributed by atoms with E-state index in [1.54, 1.807) is 0 Å². The Morgan fingerprint density at radius 2 is 1.79 bits per heavy atom. The molecule has 1 heterocycles. The van der Waals surface area contributed by atoms with Crippen molar-refractivity contribution in [3.63, 3.8) is 0 Å². The van der Waals surface area contributed by atoms with Crippen molar-refractivity contribution in [3.8, 4) is 0 Å². The number of nitrogens with two attached hydrogens (primary N) is 1. The van der Waals surface area contributed by atoms with Gasteiger partial charge in [0.05, 0.1) is 0 Å². The van der Waals surface area contributed by atoms with Crippen LogP contribution < -0.4 is 10.6 Å². The summed E-state index contributed by atoms with van der Waals surface area (Å²) in [5.41, 5.74) is 8.86. The second-order valence-corrected chi connectivity index (χ2v) is 5.26. The minimum atomic E-state index is 0.195. The van der Waals surface area contributed by atoms with Crippen LogP contribution in [0.4, 0.5) is 5.69 Å². The Balaban J connectivity index is 2.31. The van der Waals surface area contributed by atoms with Crippen molar-refractivity contribution < 1.29 is 5.21 Å². The second-order valence-electron chi connectivity index (χ2n) is 5.26. The third kappa shape index (κ3) is 3.40. The van der Waals surface area contributed by atoms with E-state index in [0.29, 0.717) is 0 Å². The van der Waals surface area contributed by atoms with Crippen molar-refractivity contribution in [1.29, 1.82) is 0 Å². The molecule has 0 saturated carbocycles. The van der Waals surface area contributed by atoms with E-state index in [4.69, 9.17) is 10.9 Å². The van der Waals surface area contributed by atoms with E-state index in [1.165, 1.54) is 32.1 Å². The van der Waals surface area contributed by atoms with Crippen LogP contribution in [0.25, 0.3) is 0 Å². The summed E-state index contributed by atoms with van der Waals surface area (Å²) in [6, 6.07) is 6.16. The molecule has 1 fully saturated rings. The highest BCUT2D eigenvalue weighted by Crippen LogP contribution is 2.24. The molecule has 1 aromatic carbocycles. The monoisotopic (exact) mass is 261 g/mol. The van der Waals surface area contributed by atoms with Gasteiger partial charge in [-0.25, -0.2) is 0 Å². The lowest BCUT2D eigenvalue weighted by Gasteiger charge is -2.28. The molecule has 1 aromatic rings. The molecule has 0 aromatic heterocycles. The van der Waals surface area contributed by atoms with Crippen LogP contribution in [0.1, 0.15) is 43.2 Å². The van der Waals surface area contributed by atoms with Crippen LogP contribution in [0.5, 0.6) is 0 Å². The van der Waals surface area contributed by atoms with E-state index >= 15 is 0 Å². The number of benzene rings is 1. The van der Waals surface area contributed by atoms with Gasteiger partial charge in [0.1, 0.15) is 0 Å². The van der Waals surface area contributed by atoms with Gasteiger partial charge in [0.25, 0.3) is 0 Å². The van der Waals surface area contributed by atoms with Crippen LogP contribution in [0, 0.1) is 6.92 Å². The first-order valence-electron chi connectivity index (χ1n) is 7.06. The standard InChI is InChI=1S/C15H23N3O/c1-12-7-8-14(13(11-12)15(16)17-19)18-9-5-3-2-4-6-10-18/h7-8,11,19H,2-6,9-10H2,1H3,(H2,16,17). The molecule has 0 spiro atoms. The molecule has 0 unspecified atom stereocenters. The van der Waals surface area contributed by atoms with Crippen molar-refractivity contribution in [2.45, 2.75) is 39.0 Å². The summed E-state index contributed by atoms with van der Waals surface area (Å²) in [7, 11) is 0. The molecule has 0 radical (unpaired) electrons. The highest BCUT2D eigenvalue weighted by atomic mass is 16.4. The van der Waals surface area contributed by atoms with E-state index in [2.05, 4.69) is 22.2 Å². The number of hydrogen-bond donors (Lipinski definition) is 2. The molecule has 3 N–H and O–H groups in total. The van der Waals surface area contributed by atoms with Crippen LogP contribution in [0.2, 0.25) is 0 Å². The molecule has 4 heteroatoms. The highest BCUT2D eigenvalue weighted by Gasteiger charge is 2.15. The van der Waals surface area contributed by atoms with Crippen molar-refractivity contribution in [3.05, 3.63) is 29.3 Å². The molecule has 0 amide bonds. The van der Waals surface area contributed by atoms with Gasteiger partial charge in [0, 0.05) is 24.3 Å². The lowest BCUT2D eigenvalue weighted by molar-refractivity contribution is 0.318. The van der Waals surface area contributed by atoms with Gasteiger partial charge in [0.2, 0.25) is 0 Å². The fraction of sp³-hybridized carbons (Fsp3) is 0.533. The molecule has 0 aliphatic carbocycles. The van der Waals surface area contributed by atoms with Crippen LogP contribution in [-0.2, 0) is 0 Å². The van der Waals surface area contributed by atoms with E-state index in [-0.39, 0.29) is 5.84 Å².